The molecule has 0 spiro atoms. The van der Waals surface area contributed by atoms with Gasteiger partial charge in [-0.2, -0.15) is 4.40 Å². The predicted octanol–water partition coefficient (Wildman–Crippen LogP) is 6.78. The van der Waals surface area contributed by atoms with Crippen LogP contribution in [-0.4, -0.2) is 17.8 Å². The van der Waals surface area contributed by atoms with Crippen LogP contribution in [0.2, 0.25) is 0 Å². The summed E-state index contributed by atoms with van der Waals surface area (Å²) < 4.78 is 4.87. The molecule has 0 unspecified atom stereocenters. The molecule has 0 fully saturated rings. The molecule has 53 heavy (non-hydrogen) atoms. The van der Waals surface area contributed by atoms with Gasteiger partial charge in [0.15, 0.2) is 11.0 Å². The smallest absolute Gasteiger partial charge is 0.225 e. The standard InChI is InChI=1S/C49H41B2N2/c1-30-14-13-19-38-37-26-24-36(29-45(37)53-44-23-10-9-22-43(44)52(6)49(53)46(30)38)35-25-27-41-42(28-35)51(48-33(4)17-12-18-34(48)5)40-21-8-7-20-39(40)50(41)47-31(2)15-11-16-32(47)3/h7-29H,1-6H3/q+1. The van der Waals surface area contributed by atoms with Gasteiger partial charge in [-0.15, -0.1) is 0 Å². The lowest BCUT2D eigenvalue weighted by Gasteiger charge is -2.34. The van der Waals surface area contributed by atoms with Gasteiger partial charge in [-0.05, 0) is 75.6 Å². The van der Waals surface area contributed by atoms with Crippen LogP contribution in [0.5, 0.6) is 0 Å². The Morgan fingerprint density at radius 1 is 0.434 bits per heavy atom. The number of hydrogen-bond acceptors (Lipinski definition) is 0. The molecule has 252 valence electrons. The van der Waals surface area contributed by atoms with Gasteiger partial charge in [-0.1, -0.05) is 170 Å². The molecule has 2 nitrogen and oxygen atoms in total. The number of aromatic nitrogens is 2. The molecule has 1 aliphatic heterocycles. The third-order valence-electron chi connectivity index (χ3n) is 12.4. The van der Waals surface area contributed by atoms with E-state index in [2.05, 4.69) is 190 Å². The van der Waals surface area contributed by atoms with Crippen LogP contribution < -0.4 is 37.3 Å². The molecule has 1 aliphatic rings. The van der Waals surface area contributed by atoms with Crippen molar-refractivity contribution >= 4 is 84.6 Å². The quantitative estimate of drug-likeness (QED) is 0.111. The van der Waals surface area contributed by atoms with E-state index >= 15 is 0 Å². The zero-order chi connectivity index (χ0) is 36.1. The number of imidazole rings is 1. The van der Waals surface area contributed by atoms with Crippen molar-refractivity contribution in [2.45, 2.75) is 34.6 Å². The lowest BCUT2D eigenvalue weighted by atomic mass is 9.20. The molecule has 7 aromatic carbocycles. The summed E-state index contributed by atoms with van der Waals surface area (Å²) in [5.41, 5.74) is 22.6. The van der Waals surface area contributed by atoms with Gasteiger partial charge in [-0.25, -0.2) is 4.57 Å². The van der Waals surface area contributed by atoms with E-state index in [1.54, 1.807) is 0 Å². The van der Waals surface area contributed by atoms with E-state index in [0.29, 0.717) is 0 Å². The van der Waals surface area contributed by atoms with E-state index < -0.39 is 0 Å². The van der Waals surface area contributed by atoms with Crippen molar-refractivity contribution in [3.8, 4) is 11.1 Å². The Morgan fingerprint density at radius 3 is 1.64 bits per heavy atom. The summed E-state index contributed by atoms with van der Waals surface area (Å²) in [6.45, 7) is 11.7. The fourth-order valence-electron chi connectivity index (χ4n) is 9.98. The van der Waals surface area contributed by atoms with E-state index in [1.165, 1.54) is 110 Å². The maximum Gasteiger partial charge on any atom is 0.295 e. The molecule has 0 amide bonds. The topological polar surface area (TPSA) is 8.29 Å². The first-order valence-electron chi connectivity index (χ1n) is 18.9. The Kier molecular flexibility index (Phi) is 7.11. The first-order chi connectivity index (χ1) is 25.8. The Labute approximate surface area is 312 Å². The number of hydrogen-bond donors (Lipinski definition) is 0. The number of pyridine rings is 1. The fraction of sp³-hybridized carbons (Fsp3) is 0.122. The molecule has 0 radical (unpaired) electrons. The van der Waals surface area contributed by atoms with Crippen LogP contribution in [-0.2, 0) is 7.05 Å². The van der Waals surface area contributed by atoms with Crippen LogP contribution in [0.4, 0.5) is 0 Å². The average Bonchev–Trinajstić information content (AvgIpc) is 3.47. The summed E-state index contributed by atoms with van der Waals surface area (Å²) >= 11 is 0. The van der Waals surface area contributed by atoms with Crippen LogP contribution >= 0.6 is 0 Å². The Bertz CT molecular complexity index is 2950. The summed E-state index contributed by atoms with van der Waals surface area (Å²) in [5.74, 6) is 0. The molecule has 0 N–H and O–H groups in total. The maximum atomic E-state index is 2.53. The predicted molar refractivity (Wildman–Crippen MR) is 229 cm³/mol. The van der Waals surface area contributed by atoms with Crippen molar-refractivity contribution in [1.82, 2.24) is 4.40 Å². The second kappa shape index (κ2) is 11.8. The van der Waals surface area contributed by atoms with E-state index in [4.69, 9.17) is 0 Å². The SMILES string of the molecule is Cc1cccc(C)c1B1c2ccccc2B(c2c(C)cccc2C)c2cc(-c3ccc4c5cccc(C)c5c5n(c4c3)c3ccccc3[n+]5C)ccc21. The molecule has 4 heteroatoms. The van der Waals surface area contributed by atoms with Gasteiger partial charge in [0, 0.05) is 10.8 Å². The highest BCUT2D eigenvalue weighted by Gasteiger charge is 2.40. The lowest BCUT2D eigenvalue weighted by Crippen LogP contribution is -2.75. The normalized spacial score (nSPS) is 12.6. The van der Waals surface area contributed by atoms with E-state index in [9.17, 15) is 0 Å². The van der Waals surface area contributed by atoms with Crippen LogP contribution in [0.3, 0.4) is 0 Å². The first-order valence-corrected chi connectivity index (χ1v) is 18.9. The minimum atomic E-state index is 0.134. The van der Waals surface area contributed by atoms with Crippen molar-refractivity contribution in [1.29, 1.82) is 0 Å². The molecular formula is C49H41B2N2+. The molecule has 0 aliphatic carbocycles. The summed E-state index contributed by atoms with van der Waals surface area (Å²) in [6.07, 6.45) is 0. The molecule has 0 saturated carbocycles. The van der Waals surface area contributed by atoms with Crippen LogP contribution in [0.1, 0.15) is 27.8 Å². The second-order valence-corrected chi connectivity index (χ2v) is 15.4. The zero-order valence-electron chi connectivity index (χ0n) is 31.3. The van der Waals surface area contributed by atoms with E-state index in [-0.39, 0.29) is 13.4 Å². The van der Waals surface area contributed by atoms with E-state index in [0.717, 1.165) is 0 Å². The fourth-order valence-corrected chi connectivity index (χ4v) is 9.98. The summed E-state index contributed by atoms with van der Waals surface area (Å²) in [7, 11) is 2.21. The number of fused-ring (bicyclic) bond motifs is 10. The summed E-state index contributed by atoms with van der Waals surface area (Å²) in [6, 6.07) is 52.8. The Hall–Kier alpha value is -5.86. The largest absolute Gasteiger partial charge is 0.295 e. The van der Waals surface area contributed by atoms with Gasteiger partial charge >= 0.3 is 0 Å². The number of benzene rings is 7. The number of aryl methyl sites for hydroxylation is 6. The van der Waals surface area contributed by atoms with Gasteiger partial charge in [0.25, 0.3) is 5.65 Å². The number of nitrogens with zero attached hydrogens (tertiary/aromatic N) is 2. The first kappa shape index (κ1) is 31.8. The minimum absolute atomic E-state index is 0.134. The second-order valence-electron chi connectivity index (χ2n) is 15.4. The van der Waals surface area contributed by atoms with Gasteiger partial charge in [0.1, 0.15) is 5.52 Å². The Morgan fingerprint density at radius 2 is 0.962 bits per heavy atom. The Balaban J connectivity index is 1.28. The molecule has 10 rings (SSSR count). The third kappa shape index (κ3) is 4.58. The molecule has 0 bridgehead atoms. The van der Waals surface area contributed by atoms with Crippen molar-refractivity contribution in [3.05, 3.63) is 167 Å². The van der Waals surface area contributed by atoms with Gasteiger partial charge in [0.05, 0.1) is 12.4 Å². The van der Waals surface area contributed by atoms with Gasteiger partial charge in [0.2, 0.25) is 13.4 Å². The highest BCUT2D eigenvalue weighted by molar-refractivity contribution is 7.11. The van der Waals surface area contributed by atoms with E-state index in [1.807, 2.05) is 0 Å². The van der Waals surface area contributed by atoms with Crippen molar-refractivity contribution in [2.24, 2.45) is 7.05 Å². The van der Waals surface area contributed by atoms with Gasteiger partial charge < -0.3 is 0 Å². The minimum Gasteiger partial charge on any atom is -0.225 e. The molecule has 0 atom stereocenters. The molecule has 3 heterocycles. The van der Waals surface area contributed by atoms with Gasteiger partial charge in [-0.3, -0.25) is 0 Å². The maximum absolute atomic E-state index is 2.53. The molecular weight excluding hydrogens is 638 g/mol. The average molecular weight is 680 g/mol. The molecule has 2 aromatic heterocycles. The van der Waals surface area contributed by atoms with Crippen molar-refractivity contribution in [3.63, 3.8) is 0 Å². The van der Waals surface area contributed by atoms with Crippen LogP contribution in [0.25, 0.3) is 49.5 Å². The van der Waals surface area contributed by atoms with Crippen LogP contribution in [0, 0.1) is 34.6 Å². The highest BCUT2D eigenvalue weighted by Crippen LogP contribution is 2.35. The third-order valence-corrected chi connectivity index (χ3v) is 12.4. The molecule has 9 aromatic rings. The number of rotatable bonds is 3. The summed E-state index contributed by atoms with van der Waals surface area (Å²) in [4.78, 5) is 0. The van der Waals surface area contributed by atoms with Crippen molar-refractivity contribution in [2.75, 3.05) is 0 Å². The lowest BCUT2D eigenvalue weighted by molar-refractivity contribution is -0.617. The van der Waals surface area contributed by atoms with Crippen LogP contribution in [0.15, 0.2) is 140 Å². The zero-order valence-corrected chi connectivity index (χ0v) is 31.3. The van der Waals surface area contributed by atoms with Crippen molar-refractivity contribution < 1.29 is 4.57 Å². The molecule has 0 saturated heterocycles. The monoisotopic (exact) mass is 679 g/mol. The number of para-hydroxylation sites is 2. The summed E-state index contributed by atoms with van der Waals surface area (Å²) in [5, 5.41) is 3.88. The highest BCUT2D eigenvalue weighted by atomic mass is 15.1.